The standard InChI is InChI=1S/C24H29FN2O4S/c1-17(2)31-23-13-19(7-8-22(23)28)16-26-11-9-24(15-18(26)3)10-12-32(29,30)27(24)21-6-4-5-20(25)14-21/h4-8,10,12-14,17-18,28H,9,11,15-16H2,1-3H3/t18-,24-/m0/s1. The molecule has 0 saturated carbocycles. The average molecular weight is 461 g/mol. The fourth-order valence-electron chi connectivity index (χ4n) is 4.71. The molecule has 2 aliphatic heterocycles. The Morgan fingerprint density at radius 1 is 1.25 bits per heavy atom. The summed E-state index contributed by atoms with van der Waals surface area (Å²) in [5.41, 5.74) is 0.658. The first kappa shape index (κ1) is 22.6. The van der Waals surface area contributed by atoms with E-state index in [0.717, 1.165) is 5.56 Å². The molecule has 0 amide bonds. The maximum absolute atomic E-state index is 13.9. The molecular weight excluding hydrogens is 431 g/mol. The molecule has 1 spiro atoms. The Labute approximate surface area is 189 Å². The number of phenolic OH excluding ortho intramolecular Hbond substituents is 1. The van der Waals surface area contributed by atoms with Crippen LogP contribution in [0.1, 0.15) is 39.2 Å². The minimum atomic E-state index is -3.66. The van der Waals surface area contributed by atoms with Gasteiger partial charge in [0.1, 0.15) is 5.82 Å². The lowest BCUT2D eigenvalue weighted by molar-refractivity contribution is 0.119. The highest BCUT2D eigenvalue weighted by Gasteiger charge is 2.49. The van der Waals surface area contributed by atoms with Crippen LogP contribution >= 0.6 is 0 Å². The summed E-state index contributed by atoms with van der Waals surface area (Å²) in [5.74, 6) is 0.109. The highest BCUT2D eigenvalue weighted by atomic mass is 32.2. The van der Waals surface area contributed by atoms with Crippen molar-refractivity contribution in [2.75, 3.05) is 10.8 Å². The number of rotatable bonds is 5. The summed E-state index contributed by atoms with van der Waals surface area (Å²) in [7, 11) is -3.66. The van der Waals surface area contributed by atoms with Gasteiger partial charge in [-0.05, 0) is 75.6 Å². The van der Waals surface area contributed by atoms with Crippen molar-refractivity contribution in [3.8, 4) is 11.5 Å². The first-order valence-corrected chi connectivity index (χ1v) is 12.3. The molecule has 32 heavy (non-hydrogen) atoms. The van der Waals surface area contributed by atoms with Crippen molar-refractivity contribution in [2.45, 2.75) is 57.8 Å². The van der Waals surface area contributed by atoms with Gasteiger partial charge in [0.25, 0.3) is 10.0 Å². The SMILES string of the molecule is CC(C)Oc1cc(CN2CC[C@]3(C=CS(=O)(=O)N3c3cccc(F)c3)C[C@@H]2C)ccc1O. The van der Waals surface area contributed by atoms with Crippen molar-refractivity contribution in [1.29, 1.82) is 0 Å². The van der Waals surface area contributed by atoms with E-state index in [1.807, 2.05) is 26.0 Å². The van der Waals surface area contributed by atoms with Crippen LogP contribution in [0.4, 0.5) is 10.1 Å². The van der Waals surface area contributed by atoms with Gasteiger partial charge in [-0.25, -0.2) is 12.8 Å². The molecule has 0 aliphatic carbocycles. The molecule has 2 heterocycles. The molecule has 0 bridgehead atoms. The van der Waals surface area contributed by atoms with Gasteiger partial charge in [-0.1, -0.05) is 12.1 Å². The second kappa shape index (κ2) is 8.41. The number of likely N-dealkylation sites (tertiary alicyclic amines) is 1. The van der Waals surface area contributed by atoms with Crippen molar-refractivity contribution in [2.24, 2.45) is 0 Å². The van der Waals surface area contributed by atoms with Gasteiger partial charge in [-0.15, -0.1) is 0 Å². The Kier molecular flexibility index (Phi) is 5.94. The molecule has 172 valence electrons. The van der Waals surface area contributed by atoms with E-state index in [0.29, 0.717) is 37.4 Å². The topological polar surface area (TPSA) is 70.1 Å². The number of sulfonamides is 1. The van der Waals surface area contributed by atoms with E-state index in [1.165, 1.54) is 27.9 Å². The van der Waals surface area contributed by atoms with Crippen molar-refractivity contribution in [3.63, 3.8) is 0 Å². The fourth-order valence-corrected chi connectivity index (χ4v) is 6.40. The highest BCUT2D eigenvalue weighted by Crippen LogP contribution is 2.43. The summed E-state index contributed by atoms with van der Waals surface area (Å²) >= 11 is 0. The lowest BCUT2D eigenvalue weighted by Crippen LogP contribution is -2.56. The number of hydrogen-bond acceptors (Lipinski definition) is 5. The number of phenols is 1. The van der Waals surface area contributed by atoms with Crippen LogP contribution in [0.3, 0.4) is 0 Å². The van der Waals surface area contributed by atoms with Gasteiger partial charge in [-0.2, -0.15) is 0 Å². The molecule has 4 rings (SSSR count). The Morgan fingerprint density at radius 3 is 2.72 bits per heavy atom. The lowest BCUT2D eigenvalue weighted by Gasteiger charge is -2.47. The normalized spacial score (nSPS) is 25.0. The molecule has 0 unspecified atom stereocenters. The van der Waals surface area contributed by atoms with Gasteiger partial charge in [0.2, 0.25) is 0 Å². The minimum Gasteiger partial charge on any atom is -0.504 e. The van der Waals surface area contributed by atoms with Gasteiger partial charge in [-0.3, -0.25) is 9.21 Å². The number of aromatic hydroxyl groups is 1. The van der Waals surface area contributed by atoms with Crippen molar-refractivity contribution in [1.82, 2.24) is 4.90 Å². The van der Waals surface area contributed by atoms with Gasteiger partial charge in [0.15, 0.2) is 11.5 Å². The molecule has 1 fully saturated rings. The fraction of sp³-hybridized carbons (Fsp3) is 0.417. The molecule has 6 nitrogen and oxygen atoms in total. The van der Waals surface area contributed by atoms with E-state index in [4.69, 9.17) is 4.74 Å². The van der Waals surface area contributed by atoms with Crippen LogP contribution in [0.5, 0.6) is 11.5 Å². The van der Waals surface area contributed by atoms with Crippen LogP contribution in [0.25, 0.3) is 0 Å². The zero-order valence-electron chi connectivity index (χ0n) is 18.5. The molecule has 2 atom stereocenters. The number of hydrogen-bond donors (Lipinski definition) is 1. The molecule has 2 aliphatic rings. The smallest absolute Gasteiger partial charge is 0.258 e. The number of benzene rings is 2. The zero-order valence-corrected chi connectivity index (χ0v) is 19.3. The van der Waals surface area contributed by atoms with E-state index in [1.54, 1.807) is 18.2 Å². The van der Waals surface area contributed by atoms with Crippen LogP contribution in [0.15, 0.2) is 53.9 Å². The Balaban J connectivity index is 1.54. The van der Waals surface area contributed by atoms with Crippen LogP contribution in [-0.2, 0) is 16.6 Å². The number of nitrogens with zero attached hydrogens (tertiary/aromatic N) is 2. The molecule has 0 aromatic heterocycles. The van der Waals surface area contributed by atoms with Crippen LogP contribution < -0.4 is 9.04 Å². The highest BCUT2D eigenvalue weighted by molar-refractivity contribution is 7.96. The monoisotopic (exact) mass is 460 g/mol. The van der Waals surface area contributed by atoms with E-state index in [2.05, 4.69) is 11.8 Å². The maximum atomic E-state index is 13.9. The number of piperidine rings is 1. The van der Waals surface area contributed by atoms with E-state index in [9.17, 15) is 17.9 Å². The lowest BCUT2D eigenvalue weighted by atomic mass is 9.83. The molecule has 8 heteroatoms. The summed E-state index contributed by atoms with van der Waals surface area (Å²) in [5, 5.41) is 11.3. The molecule has 1 saturated heterocycles. The van der Waals surface area contributed by atoms with Crippen LogP contribution in [0.2, 0.25) is 0 Å². The summed E-state index contributed by atoms with van der Waals surface area (Å²) in [6, 6.07) is 11.2. The van der Waals surface area contributed by atoms with Gasteiger partial charge >= 0.3 is 0 Å². The van der Waals surface area contributed by atoms with Crippen LogP contribution in [-0.4, -0.2) is 42.7 Å². The number of halogens is 1. The summed E-state index contributed by atoms with van der Waals surface area (Å²) in [6.07, 6.45) is 2.90. The molecule has 1 N–H and O–H groups in total. The molecular formula is C24H29FN2O4S. The van der Waals surface area contributed by atoms with Gasteiger partial charge < -0.3 is 9.84 Å². The third-order valence-corrected chi connectivity index (χ3v) is 7.69. The Morgan fingerprint density at radius 2 is 2.03 bits per heavy atom. The minimum absolute atomic E-state index is 0.0465. The number of anilines is 1. The average Bonchev–Trinajstić information content (AvgIpc) is 2.96. The molecule has 2 aromatic rings. The van der Waals surface area contributed by atoms with Crippen molar-refractivity contribution in [3.05, 3.63) is 65.3 Å². The third kappa shape index (κ3) is 4.34. The maximum Gasteiger partial charge on any atom is 0.258 e. The second-order valence-electron chi connectivity index (χ2n) is 8.94. The predicted molar refractivity (Wildman–Crippen MR) is 123 cm³/mol. The first-order valence-electron chi connectivity index (χ1n) is 10.8. The Hall–Kier alpha value is -2.58. The predicted octanol–water partition coefficient (Wildman–Crippen LogP) is 4.41. The first-order chi connectivity index (χ1) is 15.1. The van der Waals surface area contributed by atoms with Crippen molar-refractivity contribution >= 4 is 15.7 Å². The summed E-state index contributed by atoms with van der Waals surface area (Å²) in [6.45, 7) is 7.23. The van der Waals surface area contributed by atoms with Crippen molar-refractivity contribution < 1.29 is 22.7 Å². The van der Waals surface area contributed by atoms with E-state index >= 15 is 0 Å². The largest absolute Gasteiger partial charge is 0.504 e. The second-order valence-corrected chi connectivity index (χ2v) is 10.6. The van der Waals surface area contributed by atoms with E-state index in [-0.39, 0.29) is 17.9 Å². The Bertz CT molecular complexity index is 1130. The van der Waals surface area contributed by atoms with Crippen LogP contribution in [0, 0.1) is 5.82 Å². The third-order valence-electron chi connectivity index (χ3n) is 6.13. The quantitative estimate of drug-likeness (QED) is 0.716. The van der Waals surface area contributed by atoms with E-state index < -0.39 is 21.4 Å². The zero-order chi connectivity index (χ0) is 23.1. The summed E-state index contributed by atoms with van der Waals surface area (Å²) < 4.78 is 46.6. The molecule has 0 radical (unpaired) electrons. The summed E-state index contributed by atoms with van der Waals surface area (Å²) in [4.78, 5) is 2.29. The van der Waals surface area contributed by atoms with Gasteiger partial charge in [0.05, 0.1) is 17.3 Å². The number of ether oxygens (including phenoxy) is 1. The van der Waals surface area contributed by atoms with Gasteiger partial charge in [0, 0.05) is 24.5 Å². The molecule has 2 aromatic carbocycles.